The van der Waals surface area contributed by atoms with E-state index in [1.165, 1.54) is 0 Å². The minimum Gasteiger partial charge on any atom is -0.497 e. The van der Waals surface area contributed by atoms with Gasteiger partial charge >= 0.3 is 0 Å². The van der Waals surface area contributed by atoms with Crippen molar-refractivity contribution in [3.05, 3.63) is 54.6 Å². The van der Waals surface area contributed by atoms with Crippen molar-refractivity contribution in [2.45, 2.75) is 13.0 Å². The summed E-state index contributed by atoms with van der Waals surface area (Å²) in [6.07, 6.45) is 4.02. The quantitative estimate of drug-likeness (QED) is 0.745. The van der Waals surface area contributed by atoms with Crippen LogP contribution in [0.2, 0.25) is 0 Å². The number of imidazole rings is 1. The average molecular weight is 305 g/mol. The fourth-order valence-electron chi connectivity index (χ4n) is 2.96. The lowest BCUT2D eigenvalue weighted by molar-refractivity contribution is 0.0990. The molecule has 4 rings (SSSR count). The molecule has 114 valence electrons. The largest absolute Gasteiger partial charge is 0.497 e. The molecule has 0 spiro atoms. The van der Waals surface area contributed by atoms with Gasteiger partial charge in [0, 0.05) is 36.5 Å². The first kappa shape index (κ1) is 13.7. The second-order valence-electron chi connectivity index (χ2n) is 5.42. The molecule has 1 aliphatic rings. The van der Waals surface area contributed by atoms with Crippen molar-refractivity contribution < 1.29 is 9.53 Å². The molecule has 0 saturated carbocycles. The first-order valence-electron chi connectivity index (χ1n) is 7.46. The van der Waals surface area contributed by atoms with Crippen LogP contribution in [0.1, 0.15) is 17.0 Å². The maximum Gasteiger partial charge on any atom is 0.200 e. The van der Waals surface area contributed by atoms with Crippen LogP contribution < -0.4 is 4.74 Å². The van der Waals surface area contributed by atoms with Gasteiger partial charge in [-0.05, 0) is 36.4 Å². The summed E-state index contributed by atoms with van der Waals surface area (Å²) in [6, 6.07) is 11.6. The van der Waals surface area contributed by atoms with E-state index in [0.29, 0.717) is 18.8 Å². The summed E-state index contributed by atoms with van der Waals surface area (Å²) in [7, 11) is 1.64. The summed E-state index contributed by atoms with van der Waals surface area (Å²) < 4.78 is 7.22. The van der Waals surface area contributed by atoms with Gasteiger partial charge in [-0.15, -0.1) is 0 Å². The second-order valence-corrected chi connectivity index (χ2v) is 5.42. The fraction of sp³-hybridized carbons (Fsp3) is 0.167. The molecule has 0 fully saturated rings. The number of ether oxygens (including phenoxy) is 1. The number of Topliss-reactive ketones (excluding diaryl/α,β-unsaturated/α-hetero) is 1. The van der Waals surface area contributed by atoms with Gasteiger partial charge in [0.05, 0.1) is 18.5 Å². The highest BCUT2D eigenvalue weighted by molar-refractivity contribution is 5.97. The lowest BCUT2D eigenvalue weighted by Gasteiger charge is -2.08. The summed E-state index contributed by atoms with van der Waals surface area (Å²) in [4.78, 5) is 20.8. The van der Waals surface area contributed by atoms with E-state index in [2.05, 4.69) is 9.97 Å². The third-order valence-electron chi connectivity index (χ3n) is 4.10. The van der Waals surface area contributed by atoms with Gasteiger partial charge in [-0.2, -0.15) is 0 Å². The minimum atomic E-state index is 0.0973. The minimum absolute atomic E-state index is 0.0973. The van der Waals surface area contributed by atoms with Crippen LogP contribution in [0.5, 0.6) is 5.75 Å². The highest BCUT2D eigenvalue weighted by Crippen LogP contribution is 2.35. The number of aromatic nitrogens is 3. The maximum atomic E-state index is 12.1. The van der Waals surface area contributed by atoms with E-state index in [4.69, 9.17) is 4.74 Å². The Labute approximate surface area is 133 Å². The van der Waals surface area contributed by atoms with Crippen LogP contribution in [-0.4, -0.2) is 27.4 Å². The van der Waals surface area contributed by atoms with Crippen LogP contribution in [0.4, 0.5) is 0 Å². The van der Waals surface area contributed by atoms with Crippen molar-refractivity contribution in [2.75, 3.05) is 7.11 Å². The molecular weight excluding hydrogens is 290 g/mol. The molecule has 0 saturated heterocycles. The molecule has 1 aromatic carbocycles. The summed E-state index contributed by atoms with van der Waals surface area (Å²) in [5, 5.41) is 0. The summed E-state index contributed by atoms with van der Waals surface area (Å²) in [5.74, 6) is 1.43. The van der Waals surface area contributed by atoms with Gasteiger partial charge < -0.3 is 9.30 Å². The van der Waals surface area contributed by atoms with E-state index in [9.17, 15) is 4.79 Å². The molecule has 0 unspecified atom stereocenters. The number of carbonyl (C=O) groups excluding carboxylic acids is 1. The van der Waals surface area contributed by atoms with E-state index in [-0.39, 0.29) is 5.78 Å². The van der Waals surface area contributed by atoms with E-state index in [1.807, 2.05) is 41.0 Å². The molecule has 2 aromatic heterocycles. The number of rotatable bonds is 3. The number of carbonyl (C=O) groups is 1. The molecule has 0 atom stereocenters. The first-order valence-corrected chi connectivity index (χ1v) is 7.46. The van der Waals surface area contributed by atoms with Crippen LogP contribution in [-0.2, 0) is 6.54 Å². The second kappa shape index (κ2) is 5.35. The SMILES string of the molecule is COc1ccc(-c2nc3n(c2-c2ccncc2)CCC3=O)cc1. The van der Waals surface area contributed by atoms with Crippen molar-refractivity contribution in [1.82, 2.24) is 14.5 Å². The number of hydrogen-bond acceptors (Lipinski definition) is 4. The topological polar surface area (TPSA) is 57.0 Å². The smallest absolute Gasteiger partial charge is 0.200 e. The molecule has 0 aliphatic carbocycles. The average Bonchev–Trinajstić information content (AvgIpc) is 3.16. The Morgan fingerprint density at radius 3 is 2.48 bits per heavy atom. The molecule has 5 nitrogen and oxygen atoms in total. The zero-order valence-corrected chi connectivity index (χ0v) is 12.7. The maximum absolute atomic E-state index is 12.1. The van der Waals surface area contributed by atoms with Gasteiger partial charge in [-0.1, -0.05) is 0 Å². The van der Waals surface area contributed by atoms with E-state index in [0.717, 1.165) is 28.3 Å². The predicted octanol–water partition coefficient (Wildman–Crippen LogP) is 3.21. The van der Waals surface area contributed by atoms with Gasteiger partial charge in [0.15, 0.2) is 11.6 Å². The Kier molecular flexibility index (Phi) is 3.19. The molecule has 3 aromatic rings. The van der Waals surface area contributed by atoms with Gasteiger partial charge in [0.25, 0.3) is 0 Å². The number of nitrogens with zero attached hydrogens (tertiary/aromatic N) is 3. The predicted molar refractivity (Wildman–Crippen MR) is 86.4 cm³/mol. The number of fused-ring (bicyclic) bond motifs is 1. The van der Waals surface area contributed by atoms with Crippen molar-refractivity contribution >= 4 is 5.78 Å². The molecule has 23 heavy (non-hydrogen) atoms. The third-order valence-corrected chi connectivity index (χ3v) is 4.10. The fourth-order valence-corrected chi connectivity index (χ4v) is 2.96. The summed E-state index contributed by atoms with van der Waals surface area (Å²) >= 11 is 0. The lowest BCUT2D eigenvalue weighted by Crippen LogP contribution is -1.97. The highest BCUT2D eigenvalue weighted by Gasteiger charge is 2.28. The van der Waals surface area contributed by atoms with Crippen LogP contribution in [0, 0.1) is 0 Å². The standard InChI is InChI=1S/C18H15N3O2/c1-23-14-4-2-12(3-5-14)16-17(13-6-9-19-10-7-13)21-11-8-15(22)18(21)20-16/h2-7,9-10H,8,11H2,1H3. The normalized spacial score (nSPS) is 13.2. The summed E-state index contributed by atoms with van der Waals surface area (Å²) in [5.41, 5.74) is 3.77. The van der Waals surface area contributed by atoms with Crippen molar-refractivity contribution in [1.29, 1.82) is 0 Å². The number of hydrogen-bond donors (Lipinski definition) is 0. The number of benzene rings is 1. The van der Waals surface area contributed by atoms with Gasteiger partial charge in [-0.3, -0.25) is 9.78 Å². The summed E-state index contributed by atoms with van der Waals surface area (Å²) in [6.45, 7) is 0.676. The van der Waals surface area contributed by atoms with Gasteiger partial charge in [-0.25, -0.2) is 4.98 Å². The zero-order valence-electron chi connectivity index (χ0n) is 12.7. The van der Waals surface area contributed by atoms with E-state index < -0.39 is 0 Å². The molecule has 0 radical (unpaired) electrons. The van der Waals surface area contributed by atoms with Gasteiger partial charge in [0.2, 0.25) is 0 Å². The lowest BCUT2D eigenvalue weighted by atomic mass is 10.1. The van der Waals surface area contributed by atoms with E-state index in [1.54, 1.807) is 19.5 Å². The van der Waals surface area contributed by atoms with Crippen molar-refractivity contribution in [2.24, 2.45) is 0 Å². The first-order chi connectivity index (χ1) is 11.3. The Morgan fingerprint density at radius 2 is 1.78 bits per heavy atom. The molecule has 3 heterocycles. The van der Waals surface area contributed by atoms with Crippen LogP contribution in [0.25, 0.3) is 22.5 Å². The zero-order chi connectivity index (χ0) is 15.8. The van der Waals surface area contributed by atoms with E-state index >= 15 is 0 Å². The molecule has 0 bridgehead atoms. The van der Waals surface area contributed by atoms with Crippen LogP contribution >= 0.6 is 0 Å². The Hall–Kier alpha value is -2.95. The Bertz CT molecular complexity index is 867. The van der Waals surface area contributed by atoms with Crippen LogP contribution in [0.3, 0.4) is 0 Å². The Balaban J connectivity index is 1.92. The molecule has 0 N–H and O–H groups in total. The van der Waals surface area contributed by atoms with Crippen molar-refractivity contribution in [3.63, 3.8) is 0 Å². The molecule has 5 heteroatoms. The highest BCUT2D eigenvalue weighted by atomic mass is 16.5. The number of methoxy groups -OCH3 is 1. The molecule has 1 aliphatic heterocycles. The number of pyridine rings is 1. The molecule has 0 amide bonds. The monoisotopic (exact) mass is 305 g/mol. The van der Waals surface area contributed by atoms with Crippen LogP contribution in [0.15, 0.2) is 48.8 Å². The third kappa shape index (κ3) is 2.21. The number of ketones is 1. The Morgan fingerprint density at radius 1 is 1.04 bits per heavy atom. The molecular formula is C18H15N3O2. The van der Waals surface area contributed by atoms with Gasteiger partial charge in [0.1, 0.15) is 5.75 Å². The van der Waals surface area contributed by atoms with Crippen molar-refractivity contribution in [3.8, 4) is 28.3 Å².